The number of hydrogen-bond donors (Lipinski definition) is 3. The largest absolute Gasteiger partial charge is 0.384 e. The molecule has 2 saturated carbocycles. The van der Waals surface area contributed by atoms with Crippen molar-refractivity contribution in [3.8, 4) is 0 Å². The lowest BCUT2D eigenvalue weighted by atomic mass is 9.80. The topological polar surface area (TPSA) is 117 Å². The van der Waals surface area contributed by atoms with Crippen LogP contribution in [0.4, 0.5) is 5.82 Å². The number of carbonyl (C=O) groups is 3. The third-order valence-corrected chi connectivity index (χ3v) is 7.41. The van der Waals surface area contributed by atoms with Gasteiger partial charge in [0.05, 0.1) is 6.42 Å². The number of likely N-dealkylation sites (tertiary alicyclic amines) is 1. The number of nitrogen functional groups attached to an aromatic ring is 1. The third-order valence-electron chi connectivity index (χ3n) is 7.41. The molecule has 2 aliphatic carbocycles. The monoisotopic (exact) mass is 441 g/mol. The van der Waals surface area contributed by atoms with Crippen LogP contribution in [0.3, 0.4) is 0 Å². The highest BCUT2D eigenvalue weighted by molar-refractivity contribution is 5.91. The average Bonchev–Trinajstić information content (AvgIpc) is 3.53. The molecule has 2 heterocycles. The van der Waals surface area contributed by atoms with Crippen LogP contribution < -0.4 is 16.4 Å². The van der Waals surface area contributed by atoms with Crippen molar-refractivity contribution < 1.29 is 14.4 Å². The van der Waals surface area contributed by atoms with E-state index in [1.165, 1.54) is 6.92 Å². The summed E-state index contributed by atoms with van der Waals surface area (Å²) in [4.78, 5) is 43.4. The second-order valence-electron chi connectivity index (χ2n) is 9.79. The number of rotatable bonds is 6. The van der Waals surface area contributed by atoms with E-state index in [1.807, 2.05) is 11.0 Å². The molecule has 4 N–H and O–H groups in total. The minimum atomic E-state index is -0.733. The maximum Gasteiger partial charge on any atom is 0.245 e. The molecule has 0 radical (unpaired) electrons. The van der Waals surface area contributed by atoms with Crippen molar-refractivity contribution in [3.63, 3.8) is 0 Å². The third kappa shape index (κ3) is 5.22. The zero-order valence-electron chi connectivity index (χ0n) is 18.9. The smallest absolute Gasteiger partial charge is 0.245 e. The molecule has 3 amide bonds. The fourth-order valence-corrected chi connectivity index (χ4v) is 5.58. The summed E-state index contributed by atoms with van der Waals surface area (Å²) in [6.45, 7) is 3.01. The van der Waals surface area contributed by atoms with Crippen molar-refractivity contribution in [2.75, 3.05) is 18.8 Å². The second kappa shape index (κ2) is 9.46. The summed E-state index contributed by atoms with van der Waals surface area (Å²) < 4.78 is 0. The highest BCUT2D eigenvalue weighted by atomic mass is 16.2. The quantitative estimate of drug-likeness (QED) is 0.622. The van der Waals surface area contributed by atoms with E-state index in [4.69, 9.17) is 5.73 Å². The number of carbonyl (C=O) groups excluding carboxylic acids is 3. The molecule has 3 fully saturated rings. The maximum atomic E-state index is 13.1. The summed E-state index contributed by atoms with van der Waals surface area (Å²) >= 11 is 0. The number of hydrogen-bond acceptors (Lipinski definition) is 5. The van der Waals surface area contributed by atoms with Gasteiger partial charge in [0.2, 0.25) is 17.7 Å². The van der Waals surface area contributed by atoms with Crippen LogP contribution in [-0.4, -0.2) is 52.3 Å². The Labute approximate surface area is 189 Å². The number of nitrogens with two attached hydrogens (primary N) is 1. The van der Waals surface area contributed by atoms with Crippen molar-refractivity contribution >= 4 is 23.5 Å². The fourth-order valence-electron chi connectivity index (χ4n) is 5.58. The Bertz CT molecular complexity index is 859. The summed E-state index contributed by atoms with van der Waals surface area (Å²) in [5.74, 6) is 1.43. The van der Waals surface area contributed by atoms with Gasteiger partial charge in [-0.25, -0.2) is 4.98 Å². The van der Waals surface area contributed by atoms with Gasteiger partial charge >= 0.3 is 0 Å². The van der Waals surface area contributed by atoms with Crippen LogP contribution in [0.15, 0.2) is 18.3 Å². The molecule has 0 spiro atoms. The minimum Gasteiger partial charge on any atom is -0.384 e. The van der Waals surface area contributed by atoms with E-state index in [2.05, 4.69) is 15.6 Å². The lowest BCUT2D eigenvalue weighted by Crippen LogP contribution is -2.59. The van der Waals surface area contributed by atoms with Crippen LogP contribution in [0.2, 0.25) is 0 Å². The first-order chi connectivity index (χ1) is 15.4. The highest BCUT2D eigenvalue weighted by Gasteiger charge is 2.48. The SMILES string of the molecule is CC(=O)NC1(C(=O)N[C@@H]2C[C@H]2C2CCN(C(=O)Cc3ccnc(N)c3)CC2)CCCCC1. The van der Waals surface area contributed by atoms with Crippen molar-refractivity contribution in [1.29, 1.82) is 0 Å². The van der Waals surface area contributed by atoms with Crippen LogP contribution in [0.1, 0.15) is 63.9 Å². The molecule has 1 aromatic rings. The number of nitrogens with zero attached hydrogens (tertiary/aromatic N) is 2. The highest BCUT2D eigenvalue weighted by Crippen LogP contribution is 2.43. The Balaban J connectivity index is 1.24. The van der Waals surface area contributed by atoms with E-state index >= 15 is 0 Å². The fraction of sp³-hybridized carbons (Fsp3) is 0.667. The summed E-state index contributed by atoms with van der Waals surface area (Å²) in [6.07, 6.45) is 9.43. The first kappa shape index (κ1) is 22.6. The number of nitrogens with one attached hydrogen (secondary N) is 2. The lowest BCUT2D eigenvalue weighted by Gasteiger charge is -2.36. The Morgan fingerprint density at radius 2 is 1.91 bits per heavy atom. The zero-order valence-corrected chi connectivity index (χ0v) is 18.9. The number of amides is 3. The number of piperidine rings is 1. The molecule has 1 aromatic heterocycles. The Hall–Kier alpha value is -2.64. The van der Waals surface area contributed by atoms with Crippen LogP contribution >= 0.6 is 0 Å². The standard InChI is InChI=1S/C24H35N5O3/c1-16(30)28-24(8-3-2-4-9-24)23(32)27-20-15-19(20)18-6-11-29(12-7-18)22(31)14-17-5-10-26-21(25)13-17/h5,10,13,18-20H,2-4,6-9,11-12,14-15H2,1H3,(H2,25,26)(H,27,32)(H,28,30)/t19-,20+/m0/s1. The van der Waals surface area contributed by atoms with Crippen LogP contribution in [0, 0.1) is 11.8 Å². The van der Waals surface area contributed by atoms with Gasteiger partial charge in [0.15, 0.2) is 0 Å². The van der Waals surface area contributed by atoms with Crippen LogP contribution in [0.5, 0.6) is 0 Å². The minimum absolute atomic E-state index is 0.0101. The van der Waals surface area contributed by atoms with E-state index < -0.39 is 5.54 Å². The summed E-state index contributed by atoms with van der Waals surface area (Å²) in [5.41, 5.74) is 5.87. The van der Waals surface area contributed by atoms with E-state index in [1.54, 1.807) is 12.3 Å². The Morgan fingerprint density at radius 1 is 1.19 bits per heavy atom. The van der Waals surface area contributed by atoms with Crippen molar-refractivity contribution in [2.24, 2.45) is 11.8 Å². The number of anilines is 1. The van der Waals surface area contributed by atoms with Gasteiger partial charge < -0.3 is 21.3 Å². The van der Waals surface area contributed by atoms with E-state index in [9.17, 15) is 14.4 Å². The molecule has 2 atom stereocenters. The van der Waals surface area contributed by atoms with Gasteiger partial charge in [0.1, 0.15) is 11.4 Å². The van der Waals surface area contributed by atoms with Crippen molar-refractivity contribution in [3.05, 3.63) is 23.9 Å². The summed E-state index contributed by atoms with van der Waals surface area (Å²) in [7, 11) is 0. The molecule has 8 heteroatoms. The van der Waals surface area contributed by atoms with E-state index in [0.29, 0.717) is 24.1 Å². The van der Waals surface area contributed by atoms with E-state index in [-0.39, 0.29) is 23.8 Å². The normalized spacial score (nSPS) is 25.1. The van der Waals surface area contributed by atoms with Gasteiger partial charge in [-0.1, -0.05) is 19.3 Å². The number of aromatic nitrogens is 1. The molecule has 174 valence electrons. The predicted octanol–water partition coefficient (Wildman–Crippen LogP) is 1.79. The molecule has 3 aliphatic rings. The molecule has 0 aromatic carbocycles. The number of pyridine rings is 1. The molecular weight excluding hydrogens is 406 g/mol. The molecular formula is C24H35N5O3. The van der Waals surface area contributed by atoms with Crippen molar-refractivity contribution in [2.45, 2.75) is 76.3 Å². The predicted molar refractivity (Wildman–Crippen MR) is 121 cm³/mol. The molecule has 0 bridgehead atoms. The molecule has 0 unspecified atom stereocenters. The Morgan fingerprint density at radius 3 is 2.56 bits per heavy atom. The van der Waals surface area contributed by atoms with E-state index in [0.717, 1.165) is 70.0 Å². The first-order valence-corrected chi connectivity index (χ1v) is 11.9. The zero-order chi connectivity index (χ0) is 22.7. The molecule has 32 heavy (non-hydrogen) atoms. The Kier molecular flexibility index (Phi) is 6.67. The molecule has 1 aliphatic heterocycles. The first-order valence-electron chi connectivity index (χ1n) is 11.9. The molecule has 4 rings (SSSR count). The summed E-state index contributed by atoms with van der Waals surface area (Å²) in [6, 6.07) is 3.78. The molecule has 1 saturated heterocycles. The molecule has 8 nitrogen and oxygen atoms in total. The van der Waals surface area contributed by atoms with Crippen LogP contribution in [-0.2, 0) is 20.8 Å². The second-order valence-corrected chi connectivity index (χ2v) is 9.79. The van der Waals surface area contributed by atoms with Gasteiger partial charge in [-0.05, 0) is 61.6 Å². The van der Waals surface area contributed by atoms with Gasteiger partial charge in [0.25, 0.3) is 0 Å². The average molecular weight is 442 g/mol. The van der Waals surface area contributed by atoms with Gasteiger partial charge in [0, 0.05) is 32.3 Å². The van der Waals surface area contributed by atoms with Gasteiger partial charge in [-0.15, -0.1) is 0 Å². The van der Waals surface area contributed by atoms with Gasteiger partial charge in [-0.3, -0.25) is 14.4 Å². The van der Waals surface area contributed by atoms with Gasteiger partial charge in [-0.2, -0.15) is 0 Å². The lowest BCUT2D eigenvalue weighted by molar-refractivity contribution is -0.134. The van der Waals surface area contributed by atoms with Crippen molar-refractivity contribution in [1.82, 2.24) is 20.5 Å². The maximum absolute atomic E-state index is 13.1. The van der Waals surface area contributed by atoms with Crippen LogP contribution in [0.25, 0.3) is 0 Å². The summed E-state index contributed by atoms with van der Waals surface area (Å²) in [5, 5.41) is 6.19.